The van der Waals surface area contributed by atoms with Gasteiger partial charge in [-0.2, -0.15) is 0 Å². The Hall–Kier alpha value is -1.26. The predicted octanol–water partition coefficient (Wildman–Crippen LogP) is 4.06. The molecule has 4 heteroatoms. The fourth-order valence-electron chi connectivity index (χ4n) is 2.60. The summed E-state index contributed by atoms with van der Waals surface area (Å²) in [4.78, 5) is 0. The minimum atomic E-state index is 0.549. The van der Waals surface area contributed by atoms with Gasteiger partial charge in [-0.1, -0.05) is 42.9 Å². The maximum absolute atomic E-state index is 4.40. The molecule has 1 aromatic carbocycles. The van der Waals surface area contributed by atoms with Crippen LogP contribution < -0.4 is 5.32 Å². The Kier molecular flexibility index (Phi) is 5.48. The van der Waals surface area contributed by atoms with Crippen LogP contribution in [0.4, 0.5) is 0 Å². The van der Waals surface area contributed by atoms with Gasteiger partial charge in [0.1, 0.15) is 10.0 Å². The van der Waals surface area contributed by atoms with E-state index in [-0.39, 0.29) is 0 Å². The Labute approximate surface area is 131 Å². The summed E-state index contributed by atoms with van der Waals surface area (Å²) in [6, 6.07) is 4.99. The van der Waals surface area contributed by atoms with E-state index in [0.717, 1.165) is 29.4 Å². The van der Waals surface area contributed by atoms with Crippen LogP contribution in [0.5, 0.6) is 0 Å². The number of nitrogens with zero attached hydrogens (tertiary/aromatic N) is 2. The molecule has 0 radical (unpaired) electrons. The van der Waals surface area contributed by atoms with Crippen molar-refractivity contribution in [3.63, 3.8) is 0 Å². The normalized spacial score (nSPS) is 11.3. The maximum Gasteiger partial charge on any atom is 0.148 e. The van der Waals surface area contributed by atoms with E-state index in [1.165, 1.54) is 22.3 Å². The second kappa shape index (κ2) is 7.14. The van der Waals surface area contributed by atoms with Crippen LogP contribution in [-0.2, 0) is 6.42 Å². The highest BCUT2D eigenvalue weighted by molar-refractivity contribution is 7.14. The molecule has 0 atom stereocenters. The van der Waals surface area contributed by atoms with Gasteiger partial charge < -0.3 is 5.32 Å². The summed E-state index contributed by atoms with van der Waals surface area (Å²) in [5.41, 5.74) is 5.14. The highest BCUT2D eigenvalue weighted by atomic mass is 32.1. The molecule has 0 saturated carbocycles. The van der Waals surface area contributed by atoms with Crippen LogP contribution in [0.1, 0.15) is 42.0 Å². The Morgan fingerprint density at radius 1 is 1.10 bits per heavy atom. The zero-order valence-corrected chi connectivity index (χ0v) is 14.5. The number of aromatic nitrogens is 2. The van der Waals surface area contributed by atoms with Crippen molar-refractivity contribution in [2.75, 3.05) is 6.54 Å². The van der Waals surface area contributed by atoms with Gasteiger partial charge in [0.25, 0.3) is 0 Å². The lowest BCUT2D eigenvalue weighted by Gasteiger charge is -2.07. The highest BCUT2D eigenvalue weighted by Crippen LogP contribution is 2.30. The molecule has 0 aliphatic rings. The number of hydrogen-bond acceptors (Lipinski definition) is 4. The van der Waals surface area contributed by atoms with Crippen molar-refractivity contribution in [2.24, 2.45) is 0 Å². The van der Waals surface area contributed by atoms with Gasteiger partial charge in [-0.15, -0.1) is 10.2 Å². The topological polar surface area (TPSA) is 37.8 Å². The largest absolute Gasteiger partial charge is 0.315 e. The van der Waals surface area contributed by atoms with Gasteiger partial charge in [-0.25, -0.2) is 0 Å². The maximum atomic E-state index is 4.40. The van der Waals surface area contributed by atoms with Gasteiger partial charge in [0.2, 0.25) is 0 Å². The van der Waals surface area contributed by atoms with Crippen molar-refractivity contribution in [1.29, 1.82) is 0 Å². The van der Waals surface area contributed by atoms with Gasteiger partial charge in [-0.3, -0.25) is 0 Å². The van der Waals surface area contributed by atoms with Crippen molar-refractivity contribution >= 4 is 11.3 Å². The monoisotopic (exact) mass is 303 g/mol. The standard InChI is InChI=1S/C17H25N3S/c1-11(2)18-8-6-7-15-19-20-17(21-15)16-13(4)9-12(3)10-14(16)5/h9-11,18H,6-8H2,1-5H3. The molecule has 2 aromatic rings. The average Bonchev–Trinajstić information content (AvgIpc) is 2.81. The van der Waals surface area contributed by atoms with Crippen LogP contribution in [0.3, 0.4) is 0 Å². The fourth-order valence-corrected chi connectivity index (χ4v) is 3.66. The summed E-state index contributed by atoms with van der Waals surface area (Å²) in [5, 5.41) is 14.4. The summed E-state index contributed by atoms with van der Waals surface area (Å²) >= 11 is 1.73. The lowest BCUT2D eigenvalue weighted by atomic mass is 10.0. The molecule has 1 aromatic heterocycles. The third kappa shape index (κ3) is 4.35. The second-order valence-electron chi connectivity index (χ2n) is 5.99. The SMILES string of the molecule is Cc1cc(C)c(-c2nnc(CCCNC(C)C)s2)c(C)c1. The molecule has 0 amide bonds. The molecule has 1 N–H and O–H groups in total. The molecule has 0 spiro atoms. The second-order valence-corrected chi connectivity index (χ2v) is 7.05. The van der Waals surface area contributed by atoms with Crippen LogP contribution in [-0.4, -0.2) is 22.8 Å². The van der Waals surface area contributed by atoms with E-state index < -0.39 is 0 Å². The Balaban J connectivity index is 2.06. The first kappa shape index (κ1) is 16.1. The third-order valence-corrected chi connectivity index (χ3v) is 4.48. The zero-order valence-electron chi connectivity index (χ0n) is 13.7. The minimum Gasteiger partial charge on any atom is -0.315 e. The first-order valence-electron chi connectivity index (χ1n) is 7.61. The van der Waals surface area contributed by atoms with Gasteiger partial charge in [0.15, 0.2) is 0 Å². The predicted molar refractivity (Wildman–Crippen MR) is 91.0 cm³/mol. The van der Waals surface area contributed by atoms with Crippen molar-refractivity contribution in [1.82, 2.24) is 15.5 Å². The van der Waals surface area contributed by atoms with Crippen molar-refractivity contribution in [3.05, 3.63) is 33.8 Å². The summed E-state index contributed by atoms with van der Waals surface area (Å²) in [6.07, 6.45) is 2.11. The molecule has 21 heavy (non-hydrogen) atoms. The highest BCUT2D eigenvalue weighted by Gasteiger charge is 2.12. The molecule has 114 valence electrons. The number of benzene rings is 1. The van der Waals surface area contributed by atoms with Crippen molar-refractivity contribution in [2.45, 2.75) is 53.5 Å². The first-order valence-corrected chi connectivity index (χ1v) is 8.43. The van der Waals surface area contributed by atoms with Gasteiger partial charge in [0.05, 0.1) is 0 Å². The molecule has 0 saturated heterocycles. The van der Waals surface area contributed by atoms with E-state index in [0.29, 0.717) is 6.04 Å². The third-order valence-electron chi connectivity index (χ3n) is 3.48. The summed E-state index contributed by atoms with van der Waals surface area (Å²) < 4.78 is 0. The van der Waals surface area contributed by atoms with Crippen LogP contribution in [0.15, 0.2) is 12.1 Å². The number of rotatable bonds is 6. The van der Waals surface area contributed by atoms with Crippen LogP contribution in [0, 0.1) is 20.8 Å². The molecule has 2 rings (SSSR count). The molecule has 0 aliphatic heterocycles. The van der Waals surface area contributed by atoms with Gasteiger partial charge in [0, 0.05) is 18.0 Å². The Morgan fingerprint density at radius 2 is 1.76 bits per heavy atom. The molecule has 0 aliphatic carbocycles. The fraction of sp³-hybridized carbons (Fsp3) is 0.529. The number of aryl methyl sites for hydroxylation is 4. The van der Waals surface area contributed by atoms with E-state index in [1.807, 2.05) is 0 Å². The quantitative estimate of drug-likeness (QED) is 0.818. The average molecular weight is 303 g/mol. The Bertz CT molecular complexity index is 579. The molecular formula is C17H25N3S. The van der Waals surface area contributed by atoms with E-state index in [4.69, 9.17) is 0 Å². The smallest absolute Gasteiger partial charge is 0.148 e. The molecule has 0 fully saturated rings. The van der Waals surface area contributed by atoms with Crippen LogP contribution >= 0.6 is 11.3 Å². The molecule has 3 nitrogen and oxygen atoms in total. The first-order chi connectivity index (χ1) is 9.97. The van der Waals surface area contributed by atoms with Crippen LogP contribution in [0.2, 0.25) is 0 Å². The summed E-state index contributed by atoms with van der Waals surface area (Å²) in [5.74, 6) is 0. The van der Waals surface area contributed by atoms with Crippen molar-refractivity contribution in [3.8, 4) is 10.6 Å². The zero-order chi connectivity index (χ0) is 15.4. The minimum absolute atomic E-state index is 0.549. The summed E-state index contributed by atoms with van der Waals surface area (Å²) in [6.45, 7) is 11.8. The van der Waals surface area contributed by atoms with E-state index in [1.54, 1.807) is 11.3 Å². The van der Waals surface area contributed by atoms with E-state index in [2.05, 4.69) is 62.3 Å². The Morgan fingerprint density at radius 3 is 2.38 bits per heavy atom. The van der Waals surface area contributed by atoms with Gasteiger partial charge >= 0.3 is 0 Å². The lowest BCUT2D eigenvalue weighted by molar-refractivity contribution is 0.569. The molecule has 1 heterocycles. The van der Waals surface area contributed by atoms with Crippen LogP contribution in [0.25, 0.3) is 10.6 Å². The number of nitrogens with one attached hydrogen (secondary N) is 1. The lowest BCUT2D eigenvalue weighted by Crippen LogP contribution is -2.23. The van der Waals surface area contributed by atoms with E-state index >= 15 is 0 Å². The van der Waals surface area contributed by atoms with Crippen molar-refractivity contribution < 1.29 is 0 Å². The van der Waals surface area contributed by atoms with E-state index in [9.17, 15) is 0 Å². The summed E-state index contributed by atoms with van der Waals surface area (Å²) in [7, 11) is 0. The molecular weight excluding hydrogens is 278 g/mol. The molecule has 0 unspecified atom stereocenters. The van der Waals surface area contributed by atoms with Gasteiger partial charge in [-0.05, 0) is 44.9 Å². The molecule has 0 bridgehead atoms. The number of hydrogen-bond donors (Lipinski definition) is 1.